The van der Waals surface area contributed by atoms with Gasteiger partial charge in [0.15, 0.2) is 11.5 Å². The van der Waals surface area contributed by atoms with Gasteiger partial charge < -0.3 is 19.8 Å². The van der Waals surface area contributed by atoms with Crippen molar-refractivity contribution < 1.29 is 14.3 Å². The zero-order chi connectivity index (χ0) is 21.7. The smallest absolute Gasteiger partial charge is 0.244 e. The monoisotopic (exact) mass is 407 g/mol. The highest BCUT2D eigenvalue weighted by Gasteiger charge is 2.21. The molecule has 0 radical (unpaired) electrons. The number of aromatic nitrogens is 2. The van der Waals surface area contributed by atoms with Crippen molar-refractivity contribution in [2.45, 2.75) is 39.8 Å². The van der Waals surface area contributed by atoms with E-state index in [-0.39, 0.29) is 24.0 Å². The van der Waals surface area contributed by atoms with Crippen molar-refractivity contribution in [3.05, 3.63) is 59.9 Å². The van der Waals surface area contributed by atoms with Crippen LogP contribution in [0.4, 0.5) is 0 Å². The first-order chi connectivity index (χ1) is 14.4. The molecule has 1 amide bonds. The van der Waals surface area contributed by atoms with Gasteiger partial charge in [0.2, 0.25) is 5.91 Å². The number of rotatable bonds is 8. The maximum Gasteiger partial charge on any atom is 0.244 e. The second-order valence-electron chi connectivity index (χ2n) is 7.78. The number of imidazole rings is 1. The molecule has 3 rings (SSSR count). The van der Waals surface area contributed by atoms with Gasteiger partial charge in [0.1, 0.15) is 5.82 Å². The lowest BCUT2D eigenvalue weighted by Crippen LogP contribution is -2.31. The van der Waals surface area contributed by atoms with E-state index in [4.69, 9.17) is 9.47 Å². The first kappa shape index (κ1) is 21.4. The van der Waals surface area contributed by atoms with Gasteiger partial charge >= 0.3 is 0 Å². The van der Waals surface area contributed by atoms with Crippen LogP contribution in [-0.4, -0.2) is 29.1 Å². The molecular weight excluding hydrogens is 378 g/mol. The fraction of sp³-hybridized carbons (Fsp3) is 0.333. The minimum Gasteiger partial charge on any atom is -0.493 e. The average molecular weight is 408 g/mol. The summed E-state index contributed by atoms with van der Waals surface area (Å²) in [4.78, 5) is 20.5. The zero-order valence-electron chi connectivity index (χ0n) is 18.1. The summed E-state index contributed by atoms with van der Waals surface area (Å²) >= 11 is 0. The van der Waals surface area contributed by atoms with Gasteiger partial charge in [-0.25, -0.2) is 4.98 Å². The van der Waals surface area contributed by atoms with Gasteiger partial charge in [0, 0.05) is 6.08 Å². The maximum absolute atomic E-state index is 12.6. The molecule has 6 heteroatoms. The van der Waals surface area contributed by atoms with Gasteiger partial charge in [-0.1, -0.05) is 32.0 Å². The number of amides is 1. The van der Waals surface area contributed by atoms with Crippen molar-refractivity contribution in [1.82, 2.24) is 15.3 Å². The fourth-order valence-electron chi connectivity index (χ4n) is 3.18. The Morgan fingerprint density at radius 1 is 1.10 bits per heavy atom. The fourth-order valence-corrected chi connectivity index (χ4v) is 3.18. The summed E-state index contributed by atoms with van der Waals surface area (Å²) in [5.74, 6) is 2.06. The number of nitrogens with one attached hydrogen (secondary N) is 2. The molecule has 3 aromatic rings. The Labute approximate surface area is 177 Å². The largest absolute Gasteiger partial charge is 0.493 e. The van der Waals surface area contributed by atoms with E-state index in [9.17, 15) is 4.79 Å². The number of ether oxygens (including phenoxy) is 2. The Morgan fingerprint density at radius 3 is 2.53 bits per heavy atom. The molecule has 158 valence electrons. The number of hydrogen-bond acceptors (Lipinski definition) is 4. The zero-order valence-corrected chi connectivity index (χ0v) is 18.1. The Kier molecular flexibility index (Phi) is 6.77. The molecule has 0 aliphatic carbocycles. The van der Waals surface area contributed by atoms with Gasteiger partial charge in [0.25, 0.3) is 0 Å². The third-order valence-electron chi connectivity index (χ3n) is 4.64. The highest BCUT2D eigenvalue weighted by atomic mass is 16.5. The molecule has 2 aromatic carbocycles. The lowest BCUT2D eigenvalue weighted by molar-refractivity contribution is -0.117. The number of aromatic amines is 1. The van der Waals surface area contributed by atoms with Gasteiger partial charge in [-0.05, 0) is 55.7 Å². The van der Waals surface area contributed by atoms with Crippen molar-refractivity contribution in [1.29, 1.82) is 0 Å². The second-order valence-corrected chi connectivity index (χ2v) is 7.78. The van der Waals surface area contributed by atoms with E-state index in [0.717, 1.165) is 22.4 Å². The summed E-state index contributed by atoms with van der Waals surface area (Å²) in [6.45, 7) is 8.04. The first-order valence-corrected chi connectivity index (χ1v) is 10.1. The summed E-state index contributed by atoms with van der Waals surface area (Å²) in [7, 11) is 1.60. The van der Waals surface area contributed by atoms with Crippen LogP contribution in [0.15, 0.2) is 48.5 Å². The van der Waals surface area contributed by atoms with Gasteiger partial charge in [0.05, 0.1) is 30.3 Å². The molecule has 0 saturated heterocycles. The Balaban J connectivity index is 1.73. The van der Waals surface area contributed by atoms with Crippen molar-refractivity contribution in [3.63, 3.8) is 0 Å². The number of nitrogens with zero attached hydrogens (tertiary/aromatic N) is 1. The van der Waals surface area contributed by atoms with Crippen LogP contribution in [-0.2, 0) is 4.79 Å². The summed E-state index contributed by atoms with van der Waals surface area (Å²) in [5.41, 5.74) is 2.69. The Hall–Kier alpha value is -3.28. The van der Waals surface area contributed by atoms with Crippen LogP contribution in [0.3, 0.4) is 0 Å². The van der Waals surface area contributed by atoms with Crippen LogP contribution < -0.4 is 14.8 Å². The van der Waals surface area contributed by atoms with Crippen LogP contribution >= 0.6 is 0 Å². The molecule has 6 nitrogen and oxygen atoms in total. The number of H-pyrrole nitrogens is 1. The topological polar surface area (TPSA) is 76.2 Å². The SMILES string of the molecule is COc1cc(C=CC(=O)NC(c2nc3ccccc3[nH]2)C(C)C)ccc1OC(C)C. The molecule has 2 N–H and O–H groups in total. The first-order valence-electron chi connectivity index (χ1n) is 10.1. The van der Waals surface area contributed by atoms with Gasteiger partial charge in [-0.15, -0.1) is 0 Å². The molecule has 0 aliphatic rings. The molecule has 30 heavy (non-hydrogen) atoms. The number of para-hydroxylation sites is 2. The molecule has 0 bridgehead atoms. The highest BCUT2D eigenvalue weighted by Crippen LogP contribution is 2.29. The Morgan fingerprint density at radius 2 is 1.87 bits per heavy atom. The summed E-state index contributed by atoms with van der Waals surface area (Å²) in [6.07, 6.45) is 3.33. The normalized spacial score (nSPS) is 12.6. The van der Waals surface area contributed by atoms with Gasteiger partial charge in [-0.2, -0.15) is 0 Å². The average Bonchev–Trinajstić information content (AvgIpc) is 3.14. The van der Waals surface area contributed by atoms with E-state index in [1.165, 1.54) is 6.08 Å². The molecule has 0 fully saturated rings. The van der Waals surface area contributed by atoms with Crippen LogP contribution in [0.1, 0.15) is 45.1 Å². The summed E-state index contributed by atoms with van der Waals surface area (Å²) in [5, 5.41) is 3.05. The number of carbonyl (C=O) groups is 1. The molecule has 0 spiro atoms. The van der Waals surface area contributed by atoms with E-state index in [0.29, 0.717) is 11.5 Å². The van der Waals surface area contributed by atoms with E-state index >= 15 is 0 Å². The number of carbonyl (C=O) groups excluding carboxylic acids is 1. The lowest BCUT2D eigenvalue weighted by Gasteiger charge is -2.19. The molecule has 0 saturated carbocycles. The molecule has 1 heterocycles. The van der Waals surface area contributed by atoms with Crippen LogP contribution in [0.25, 0.3) is 17.1 Å². The van der Waals surface area contributed by atoms with Crippen molar-refractivity contribution in [2.24, 2.45) is 5.92 Å². The molecule has 1 atom stereocenters. The van der Waals surface area contributed by atoms with Crippen LogP contribution in [0.5, 0.6) is 11.5 Å². The van der Waals surface area contributed by atoms with E-state index in [2.05, 4.69) is 29.1 Å². The molecule has 1 unspecified atom stereocenters. The van der Waals surface area contributed by atoms with E-state index in [1.54, 1.807) is 13.2 Å². The minimum atomic E-state index is -0.217. The van der Waals surface area contributed by atoms with E-state index < -0.39 is 0 Å². The van der Waals surface area contributed by atoms with Crippen molar-refractivity contribution >= 4 is 23.0 Å². The molecule has 1 aromatic heterocycles. The lowest BCUT2D eigenvalue weighted by atomic mass is 10.0. The van der Waals surface area contributed by atoms with Crippen LogP contribution in [0.2, 0.25) is 0 Å². The number of fused-ring (bicyclic) bond motifs is 1. The highest BCUT2D eigenvalue weighted by molar-refractivity contribution is 5.92. The Bertz CT molecular complexity index is 1000. The van der Waals surface area contributed by atoms with E-state index in [1.807, 2.05) is 56.3 Å². The number of methoxy groups -OCH3 is 1. The third kappa shape index (κ3) is 5.20. The molecule has 0 aliphatic heterocycles. The summed E-state index contributed by atoms with van der Waals surface area (Å²) < 4.78 is 11.1. The second kappa shape index (κ2) is 9.48. The number of benzene rings is 2. The van der Waals surface area contributed by atoms with Crippen molar-refractivity contribution in [2.75, 3.05) is 7.11 Å². The van der Waals surface area contributed by atoms with Gasteiger partial charge in [-0.3, -0.25) is 4.79 Å². The van der Waals surface area contributed by atoms with Crippen LogP contribution in [0, 0.1) is 5.92 Å². The quantitative estimate of drug-likeness (QED) is 0.522. The summed E-state index contributed by atoms with van der Waals surface area (Å²) in [6, 6.07) is 13.2. The maximum atomic E-state index is 12.6. The minimum absolute atomic E-state index is 0.0530. The van der Waals surface area contributed by atoms with Crippen molar-refractivity contribution in [3.8, 4) is 11.5 Å². The molecular formula is C24H29N3O3. The third-order valence-corrected chi connectivity index (χ3v) is 4.64. The predicted octanol–water partition coefficient (Wildman–Crippen LogP) is 4.89. The number of hydrogen-bond donors (Lipinski definition) is 2. The standard InChI is InChI=1S/C24H29N3O3/c1-15(2)23(24-25-18-8-6-7-9-19(18)26-24)27-22(28)13-11-17-10-12-20(30-16(3)4)21(14-17)29-5/h6-16,23H,1-5H3,(H,25,26)(H,27,28). The predicted molar refractivity (Wildman–Crippen MR) is 120 cm³/mol.